The van der Waals surface area contributed by atoms with Gasteiger partial charge >= 0.3 is 0 Å². The molecule has 0 saturated heterocycles. The summed E-state index contributed by atoms with van der Waals surface area (Å²) in [5, 5.41) is 3.92. The molecule has 1 aromatic rings. The fraction of sp³-hybridized carbons (Fsp3) is 0.692. The number of aromatic nitrogens is 2. The molecule has 17 heavy (non-hydrogen) atoms. The molecule has 96 valence electrons. The SMILES string of the molecule is CCCCCCNc1ncnc(Cl)c1C(C)C. The highest BCUT2D eigenvalue weighted by Crippen LogP contribution is 2.27. The van der Waals surface area contributed by atoms with Gasteiger partial charge in [0.15, 0.2) is 0 Å². The van der Waals surface area contributed by atoms with Gasteiger partial charge in [0.2, 0.25) is 0 Å². The first-order valence-electron chi connectivity index (χ1n) is 6.41. The Balaban J connectivity index is 2.55. The lowest BCUT2D eigenvalue weighted by molar-refractivity contribution is 0.683. The van der Waals surface area contributed by atoms with Crippen molar-refractivity contribution in [1.82, 2.24) is 9.97 Å². The molecule has 1 rings (SSSR count). The first-order valence-corrected chi connectivity index (χ1v) is 6.78. The van der Waals surface area contributed by atoms with E-state index >= 15 is 0 Å². The minimum Gasteiger partial charge on any atom is -0.370 e. The predicted molar refractivity (Wildman–Crippen MR) is 73.8 cm³/mol. The summed E-state index contributed by atoms with van der Waals surface area (Å²) in [4.78, 5) is 8.30. The number of nitrogens with zero attached hydrogens (tertiary/aromatic N) is 2. The minimum atomic E-state index is 0.335. The van der Waals surface area contributed by atoms with Crippen molar-refractivity contribution in [3.63, 3.8) is 0 Å². The summed E-state index contributed by atoms with van der Waals surface area (Å²) in [6.45, 7) is 7.38. The Labute approximate surface area is 109 Å². The molecule has 0 aliphatic carbocycles. The second kappa shape index (κ2) is 7.49. The van der Waals surface area contributed by atoms with E-state index in [1.807, 2.05) is 0 Å². The lowest BCUT2D eigenvalue weighted by atomic mass is 10.1. The Morgan fingerprint density at radius 1 is 1.24 bits per heavy atom. The first-order chi connectivity index (χ1) is 8.16. The van der Waals surface area contributed by atoms with Crippen LogP contribution in [0.2, 0.25) is 5.15 Å². The highest BCUT2D eigenvalue weighted by Gasteiger charge is 2.12. The Bertz CT molecular complexity index is 339. The van der Waals surface area contributed by atoms with Gasteiger partial charge in [0.1, 0.15) is 17.3 Å². The van der Waals surface area contributed by atoms with Crippen LogP contribution in [0.25, 0.3) is 0 Å². The molecule has 0 atom stereocenters. The average Bonchev–Trinajstić information content (AvgIpc) is 2.28. The van der Waals surface area contributed by atoms with E-state index in [-0.39, 0.29) is 0 Å². The smallest absolute Gasteiger partial charge is 0.138 e. The fourth-order valence-electron chi connectivity index (χ4n) is 1.79. The van der Waals surface area contributed by atoms with E-state index in [4.69, 9.17) is 11.6 Å². The average molecular weight is 256 g/mol. The van der Waals surface area contributed by atoms with E-state index in [1.54, 1.807) is 0 Å². The highest BCUT2D eigenvalue weighted by molar-refractivity contribution is 6.30. The Hall–Kier alpha value is -0.830. The molecule has 0 radical (unpaired) electrons. The second-order valence-electron chi connectivity index (χ2n) is 4.57. The van der Waals surface area contributed by atoms with Crippen molar-refractivity contribution in [2.45, 2.75) is 52.4 Å². The largest absolute Gasteiger partial charge is 0.370 e. The van der Waals surface area contributed by atoms with Crippen molar-refractivity contribution >= 4 is 17.4 Å². The zero-order valence-corrected chi connectivity index (χ0v) is 11.7. The molecule has 0 bridgehead atoms. The number of halogens is 1. The van der Waals surface area contributed by atoms with E-state index < -0.39 is 0 Å². The zero-order valence-electron chi connectivity index (χ0n) is 11.0. The van der Waals surface area contributed by atoms with Crippen LogP contribution in [0.1, 0.15) is 57.9 Å². The van der Waals surface area contributed by atoms with Crippen molar-refractivity contribution in [1.29, 1.82) is 0 Å². The summed E-state index contributed by atoms with van der Waals surface area (Å²) in [5.41, 5.74) is 1.02. The van der Waals surface area contributed by atoms with Crippen LogP contribution < -0.4 is 5.32 Å². The summed E-state index contributed by atoms with van der Waals surface area (Å²) in [6, 6.07) is 0. The maximum absolute atomic E-state index is 6.10. The van der Waals surface area contributed by atoms with Gasteiger partial charge in [-0.1, -0.05) is 51.6 Å². The lowest BCUT2D eigenvalue weighted by Gasteiger charge is -2.14. The number of rotatable bonds is 7. The number of hydrogen-bond donors (Lipinski definition) is 1. The molecule has 0 aliphatic heterocycles. The van der Waals surface area contributed by atoms with Crippen LogP contribution in [0.3, 0.4) is 0 Å². The van der Waals surface area contributed by atoms with Gasteiger partial charge in [-0.2, -0.15) is 0 Å². The van der Waals surface area contributed by atoms with Gasteiger partial charge in [-0.05, 0) is 12.3 Å². The molecular formula is C13H22ClN3. The van der Waals surface area contributed by atoms with Crippen LogP contribution in [0, 0.1) is 0 Å². The standard InChI is InChI=1S/C13H22ClN3/c1-4-5-6-7-8-15-13-11(10(2)3)12(14)16-9-17-13/h9-10H,4-8H2,1-3H3,(H,15,16,17). The zero-order chi connectivity index (χ0) is 12.7. The van der Waals surface area contributed by atoms with Crippen molar-refractivity contribution in [2.75, 3.05) is 11.9 Å². The first kappa shape index (κ1) is 14.2. The topological polar surface area (TPSA) is 37.8 Å². The highest BCUT2D eigenvalue weighted by atomic mass is 35.5. The van der Waals surface area contributed by atoms with E-state index in [2.05, 4.69) is 36.1 Å². The van der Waals surface area contributed by atoms with E-state index in [0.29, 0.717) is 11.1 Å². The van der Waals surface area contributed by atoms with Gasteiger partial charge in [0, 0.05) is 12.1 Å². The van der Waals surface area contributed by atoms with E-state index in [9.17, 15) is 0 Å². The molecule has 0 fully saturated rings. The third kappa shape index (κ3) is 4.50. The molecule has 1 heterocycles. The molecule has 4 heteroatoms. The fourth-order valence-corrected chi connectivity index (χ4v) is 2.14. The molecule has 0 saturated carbocycles. The van der Waals surface area contributed by atoms with Crippen LogP contribution in [0.4, 0.5) is 5.82 Å². The van der Waals surface area contributed by atoms with Crippen molar-refractivity contribution in [3.8, 4) is 0 Å². The van der Waals surface area contributed by atoms with Gasteiger partial charge in [0.25, 0.3) is 0 Å². The van der Waals surface area contributed by atoms with Crippen LogP contribution in [0.5, 0.6) is 0 Å². The summed E-state index contributed by atoms with van der Waals surface area (Å²) in [6.07, 6.45) is 6.51. The van der Waals surface area contributed by atoms with E-state index in [1.165, 1.54) is 32.0 Å². The maximum atomic E-state index is 6.10. The third-order valence-corrected chi connectivity index (χ3v) is 3.04. The molecule has 1 aromatic heterocycles. The van der Waals surface area contributed by atoms with Gasteiger partial charge in [0.05, 0.1) is 0 Å². The summed E-state index contributed by atoms with van der Waals surface area (Å²) in [7, 11) is 0. The molecular weight excluding hydrogens is 234 g/mol. The number of unbranched alkanes of at least 4 members (excludes halogenated alkanes) is 3. The number of hydrogen-bond acceptors (Lipinski definition) is 3. The molecule has 0 aromatic carbocycles. The Morgan fingerprint density at radius 3 is 2.65 bits per heavy atom. The third-order valence-electron chi connectivity index (χ3n) is 2.74. The van der Waals surface area contributed by atoms with Crippen LogP contribution in [0.15, 0.2) is 6.33 Å². The van der Waals surface area contributed by atoms with Gasteiger partial charge in [-0.15, -0.1) is 0 Å². The van der Waals surface area contributed by atoms with Crippen LogP contribution >= 0.6 is 11.6 Å². The van der Waals surface area contributed by atoms with Gasteiger partial charge < -0.3 is 5.32 Å². The van der Waals surface area contributed by atoms with Crippen molar-refractivity contribution < 1.29 is 0 Å². The molecule has 3 nitrogen and oxygen atoms in total. The summed E-state index contributed by atoms with van der Waals surface area (Å²) in [5.74, 6) is 1.22. The maximum Gasteiger partial charge on any atom is 0.138 e. The Kier molecular flexibility index (Phi) is 6.27. The normalized spacial score (nSPS) is 10.9. The summed E-state index contributed by atoms with van der Waals surface area (Å²) >= 11 is 6.10. The van der Waals surface area contributed by atoms with Gasteiger partial charge in [-0.3, -0.25) is 0 Å². The molecule has 0 aliphatic rings. The monoisotopic (exact) mass is 255 g/mol. The summed E-state index contributed by atoms with van der Waals surface area (Å²) < 4.78 is 0. The lowest BCUT2D eigenvalue weighted by Crippen LogP contribution is -2.08. The number of nitrogens with one attached hydrogen (secondary N) is 1. The molecule has 1 N–H and O–H groups in total. The predicted octanol–water partition coefficient (Wildman–Crippen LogP) is 4.25. The van der Waals surface area contributed by atoms with Crippen LogP contribution in [-0.4, -0.2) is 16.5 Å². The molecule has 0 amide bonds. The van der Waals surface area contributed by atoms with Crippen molar-refractivity contribution in [2.24, 2.45) is 0 Å². The van der Waals surface area contributed by atoms with E-state index in [0.717, 1.165) is 17.9 Å². The van der Waals surface area contributed by atoms with Crippen molar-refractivity contribution in [3.05, 3.63) is 17.0 Å². The quantitative estimate of drug-likeness (QED) is 0.585. The molecule has 0 spiro atoms. The number of anilines is 1. The van der Waals surface area contributed by atoms with Crippen LogP contribution in [-0.2, 0) is 0 Å². The molecule has 0 unspecified atom stereocenters. The second-order valence-corrected chi connectivity index (χ2v) is 4.93. The Morgan fingerprint density at radius 2 is 2.00 bits per heavy atom. The van der Waals surface area contributed by atoms with Gasteiger partial charge in [-0.25, -0.2) is 9.97 Å². The minimum absolute atomic E-state index is 0.335.